The minimum Gasteiger partial charge on any atom is -0.456 e. The van der Waals surface area contributed by atoms with Gasteiger partial charge in [0.25, 0.3) is 11.8 Å². The number of carbonyl (C=O) groups excluding carboxylic acids is 4. The van der Waals surface area contributed by atoms with E-state index in [0.717, 1.165) is 5.56 Å². The van der Waals surface area contributed by atoms with Gasteiger partial charge in [-0.2, -0.15) is 0 Å². The molecule has 2 N–H and O–H groups in total. The molecule has 2 rings (SSSR count). The average Bonchev–Trinajstić information content (AvgIpc) is 2.72. The topological polar surface area (TPSA) is 102 Å². The minimum atomic E-state index is -0.725. The van der Waals surface area contributed by atoms with E-state index in [9.17, 15) is 19.2 Å². The summed E-state index contributed by atoms with van der Waals surface area (Å²) in [6, 6.07) is 17.5. The molecule has 7 nitrogen and oxygen atoms in total. The molecule has 0 aliphatic heterocycles. The van der Waals surface area contributed by atoms with Crippen LogP contribution in [0.1, 0.15) is 22.3 Å². The number of nitrogens with one attached hydrogen (secondary N) is 2. The number of ether oxygens (including phenoxy) is 1. The molecule has 0 saturated heterocycles. The van der Waals surface area contributed by atoms with Gasteiger partial charge in [-0.05, 0) is 23.8 Å². The van der Waals surface area contributed by atoms with Crippen LogP contribution >= 0.6 is 0 Å². The lowest BCUT2D eigenvalue weighted by Crippen LogP contribution is -2.34. The van der Waals surface area contributed by atoms with Crippen molar-refractivity contribution in [1.82, 2.24) is 10.6 Å². The van der Waals surface area contributed by atoms with Gasteiger partial charge in [0.1, 0.15) is 0 Å². The summed E-state index contributed by atoms with van der Waals surface area (Å²) in [5.41, 5.74) is 1.21. The molecule has 0 unspecified atom stereocenters. The average molecular weight is 380 g/mol. The molecule has 7 heteroatoms. The third-order valence-corrected chi connectivity index (χ3v) is 3.51. The van der Waals surface area contributed by atoms with Gasteiger partial charge in [0.15, 0.2) is 6.61 Å². The standard InChI is InChI=1S/C21H20N2O5/c24-18(12-11-16-7-3-1-4-8-16)22-14-13-20(26)28-15-19(25)23-21(27)17-9-5-2-6-10-17/h1-12H,13-15H2,(H,22,24)(H,23,25,27)/b12-11+. The zero-order valence-corrected chi connectivity index (χ0v) is 15.1. The first-order chi connectivity index (χ1) is 13.5. The number of carbonyl (C=O) groups is 4. The number of esters is 1. The van der Waals surface area contributed by atoms with Crippen molar-refractivity contribution in [1.29, 1.82) is 0 Å². The van der Waals surface area contributed by atoms with E-state index in [1.165, 1.54) is 6.08 Å². The fourth-order valence-corrected chi connectivity index (χ4v) is 2.13. The third-order valence-electron chi connectivity index (χ3n) is 3.51. The molecule has 28 heavy (non-hydrogen) atoms. The second-order valence-corrected chi connectivity index (χ2v) is 5.69. The summed E-state index contributed by atoms with van der Waals surface area (Å²) in [7, 11) is 0. The van der Waals surface area contributed by atoms with Crippen molar-refractivity contribution in [3.05, 3.63) is 77.9 Å². The zero-order chi connectivity index (χ0) is 20.2. The fourth-order valence-electron chi connectivity index (χ4n) is 2.13. The first kappa shape index (κ1) is 20.6. The van der Waals surface area contributed by atoms with E-state index >= 15 is 0 Å². The lowest BCUT2D eigenvalue weighted by atomic mass is 10.2. The highest BCUT2D eigenvalue weighted by atomic mass is 16.5. The van der Waals surface area contributed by atoms with Crippen LogP contribution in [-0.4, -0.2) is 36.8 Å². The fraction of sp³-hybridized carbons (Fsp3) is 0.143. The van der Waals surface area contributed by atoms with E-state index in [-0.39, 0.29) is 18.9 Å². The summed E-state index contributed by atoms with van der Waals surface area (Å²) < 4.78 is 4.78. The van der Waals surface area contributed by atoms with Gasteiger partial charge in [-0.1, -0.05) is 48.5 Å². The number of rotatable bonds is 8. The number of amides is 3. The van der Waals surface area contributed by atoms with Gasteiger partial charge < -0.3 is 10.1 Å². The first-order valence-corrected chi connectivity index (χ1v) is 8.60. The molecule has 0 heterocycles. The summed E-state index contributed by atoms with van der Waals surface area (Å²) in [4.78, 5) is 46.7. The molecule has 2 aromatic rings. The molecule has 2 aromatic carbocycles. The Hall–Kier alpha value is -3.74. The van der Waals surface area contributed by atoms with Gasteiger partial charge in [-0.25, -0.2) is 0 Å². The van der Waals surface area contributed by atoms with Crippen LogP contribution in [0.15, 0.2) is 66.7 Å². The third kappa shape index (κ3) is 7.65. The van der Waals surface area contributed by atoms with Crippen LogP contribution in [-0.2, 0) is 19.1 Å². The summed E-state index contributed by atoms with van der Waals surface area (Å²) in [6.45, 7) is -0.499. The highest BCUT2D eigenvalue weighted by molar-refractivity contribution is 6.05. The summed E-state index contributed by atoms with van der Waals surface area (Å²) in [5.74, 6) is -2.30. The van der Waals surface area contributed by atoms with Crippen molar-refractivity contribution < 1.29 is 23.9 Å². The Bertz CT molecular complexity index is 848. The molecule has 3 amide bonds. The molecule has 0 aliphatic rings. The molecule has 0 fully saturated rings. The van der Waals surface area contributed by atoms with Crippen LogP contribution < -0.4 is 10.6 Å². The van der Waals surface area contributed by atoms with Gasteiger partial charge in [-0.3, -0.25) is 24.5 Å². The second-order valence-electron chi connectivity index (χ2n) is 5.69. The Morgan fingerprint density at radius 2 is 1.54 bits per heavy atom. The van der Waals surface area contributed by atoms with Crippen LogP contribution in [0.4, 0.5) is 0 Å². The quantitative estimate of drug-likeness (QED) is 0.536. The second kappa shape index (κ2) is 11.1. The maximum Gasteiger partial charge on any atom is 0.308 e. The smallest absolute Gasteiger partial charge is 0.308 e. The van der Waals surface area contributed by atoms with Crippen LogP contribution in [0.25, 0.3) is 6.08 Å². The van der Waals surface area contributed by atoms with Crippen molar-refractivity contribution in [2.45, 2.75) is 6.42 Å². The largest absolute Gasteiger partial charge is 0.456 e. The maximum atomic E-state index is 11.8. The molecular weight excluding hydrogens is 360 g/mol. The molecule has 0 aliphatic carbocycles. The first-order valence-electron chi connectivity index (χ1n) is 8.60. The van der Waals surface area contributed by atoms with Crippen LogP contribution in [0.2, 0.25) is 0 Å². The predicted octanol–water partition coefficient (Wildman–Crippen LogP) is 1.71. The normalized spacial score (nSPS) is 10.3. The molecular formula is C21H20N2O5. The van der Waals surface area contributed by atoms with Gasteiger partial charge in [0.2, 0.25) is 5.91 Å². The van der Waals surface area contributed by atoms with E-state index in [2.05, 4.69) is 10.6 Å². The molecule has 144 valence electrons. The number of hydrogen-bond acceptors (Lipinski definition) is 5. The molecule has 0 bridgehead atoms. The van der Waals surface area contributed by atoms with Gasteiger partial charge >= 0.3 is 5.97 Å². The Morgan fingerprint density at radius 1 is 0.893 bits per heavy atom. The highest BCUT2D eigenvalue weighted by Gasteiger charge is 2.12. The lowest BCUT2D eigenvalue weighted by Gasteiger charge is -2.06. The van der Waals surface area contributed by atoms with Crippen LogP contribution in [0.3, 0.4) is 0 Å². The highest BCUT2D eigenvalue weighted by Crippen LogP contribution is 2.00. The van der Waals surface area contributed by atoms with E-state index in [1.54, 1.807) is 36.4 Å². The Kier molecular flexibility index (Phi) is 8.14. The van der Waals surface area contributed by atoms with Gasteiger partial charge in [0.05, 0.1) is 6.42 Å². The van der Waals surface area contributed by atoms with Crippen molar-refractivity contribution in [2.24, 2.45) is 0 Å². The Morgan fingerprint density at radius 3 is 2.21 bits per heavy atom. The lowest BCUT2D eigenvalue weighted by molar-refractivity contribution is -0.148. The molecule has 0 saturated carbocycles. The number of hydrogen-bond donors (Lipinski definition) is 2. The Balaban J connectivity index is 1.62. The van der Waals surface area contributed by atoms with Crippen molar-refractivity contribution in [3.63, 3.8) is 0 Å². The summed E-state index contributed by atoms with van der Waals surface area (Å²) >= 11 is 0. The predicted molar refractivity (Wildman–Crippen MR) is 103 cm³/mol. The number of imide groups is 1. The monoisotopic (exact) mass is 380 g/mol. The van der Waals surface area contributed by atoms with E-state index in [0.29, 0.717) is 5.56 Å². The Labute approximate surface area is 162 Å². The van der Waals surface area contributed by atoms with E-state index < -0.39 is 24.4 Å². The van der Waals surface area contributed by atoms with Gasteiger partial charge in [-0.15, -0.1) is 0 Å². The van der Waals surface area contributed by atoms with Crippen LogP contribution in [0, 0.1) is 0 Å². The van der Waals surface area contributed by atoms with E-state index in [1.807, 2.05) is 30.3 Å². The van der Waals surface area contributed by atoms with Crippen molar-refractivity contribution in [3.8, 4) is 0 Å². The minimum absolute atomic E-state index is 0.0708. The zero-order valence-electron chi connectivity index (χ0n) is 15.1. The van der Waals surface area contributed by atoms with Crippen molar-refractivity contribution >= 4 is 29.8 Å². The maximum absolute atomic E-state index is 11.8. The molecule has 0 aromatic heterocycles. The SMILES string of the molecule is O=C(/C=C/c1ccccc1)NCCC(=O)OCC(=O)NC(=O)c1ccccc1. The van der Waals surface area contributed by atoms with Crippen molar-refractivity contribution in [2.75, 3.05) is 13.2 Å². The number of benzene rings is 2. The van der Waals surface area contributed by atoms with Crippen LogP contribution in [0.5, 0.6) is 0 Å². The summed E-state index contributed by atoms with van der Waals surface area (Å²) in [5, 5.41) is 4.67. The molecule has 0 spiro atoms. The van der Waals surface area contributed by atoms with E-state index in [4.69, 9.17) is 4.74 Å². The van der Waals surface area contributed by atoms with Gasteiger partial charge in [0, 0.05) is 18.2 Å². The summed E-state index contributed by atoms with van der Waals surface area (Å²) in [6.07, 6.45) is 2.93. The molecule has 0 atom stereocenters. The molecule has 0 radical (unpaired) electrons.